The lowest BCUT2D eigenvalue weighted by atomic mass is 10.2. The SMILES string of the molecule is Nc1c(-c2ccccn2)nnn1-c1cccc(Cl)c1. The summed E-state index contributed by atoms with van der Waals surface area (Å²) in [7, 11) is 0. The summed E-state index contributed by atoms with van der Waals surface area (Å²) in [4.78, 5) is 4.21. The van der Waals surface area contributed by atoms with Crippen LogP contribution in [0.15, 0.2) is 48.7 Å². The number of rotatable bonds is 2. The van der Waals surface area contributed by atoms with E-state index in [1.165, 1.54) is 4.68 Å². The first-order valence-electron chi connectivity index (χ1n) is 5.64. The van der Waals surface area contributed by atoms with Crippen LogP contribution in [0.3, 0.4) is 0 Å². The Hall–Kier alpha value is -2.40. The Kier molecular flexibility index (Phi) is 2.89. The van der Waals surface area contributed by atoms with Crippen molar-refractivity contribution in [3.05, 3.63) is 53.7 Å². The van der Waals surface area contributed by atoms with E-state index in [2.05, 4.69) is 15.3 Å². The van der Waals surface area contributed by atoms with Gasteiger partial charge in [0.15, 0.2) is 11.5 Å². The van der Waals surface area contributed by atoms with Crippen LogP contribution < -0.4 is 5.73 Å². The molecule has 0 unspecified atom stereocenters. The monoisotopic (exact) mass is 271 g/mol. The van der Waals surface area contributed by atoms with Crippen molar-refractivity contribution in [1.29, 1.82) is 0 Å². The maximum absolute atomic E-state index is 6.07. The minimum atomic E-state index is 0.431. The molecule has 5 nitrogen and oxygen atoms in total. The fourth-order valence-electron chi connectivity index (χ4n) is 1.77. The van der Waals surface area contributed by atoms with Crippen LogP contribution >= 0.6 is 11.6 Å². The Labute approximate surface area is 114 Å². The highest BCUT2D eigenvalue weighted by Gasteiger charge is 2.13. The molecule has 2 heterocycles. The number of nitrogens with two attached hydrogens (primary N) is 1. The largest absolute Gasteiger partial charge is 0.382 e. The summed E-state index contributed by atoms with van der Waals surface area (Å²) in [6.45, 7) is 0. The van der Waals surface area contributed by atoms with Gasteiger partial charge in [0.05, 0.1) is 11.4 Å². The van der Waals surface area contributed by atoms with E-state index < -0.39 is 0 Å². The molecule has 1 aromatic carbocycles. The van der Waals surface area contributed by atoms with Crippen LogP contribution in [0.5, 0.6) is 0 Å². The molecular weight excluding hydrogens is 262 g/mol. The van der Waals surface area contributed by atoms with Gasteiger partial charge in [0.25, 0.3) is 0 Å². The van der Waals surface area contributed by atoms with Gasteiger partial charge in [-0.2, -0.15) is 4.68 Å². The average molecular weight is 272 g/mol. The van der Waals surface area contributed by atoms with Crippen molar-refractivity contribution in [2.75, 3.05) is 5.73 Å². The lowest BCUT2D eigenvalue weighted by Crippen LogP contribution is -2.02. The Morgan fingerprint density at radius 2 is 2.00 bits per heavy atom. The van der Waals surface area contributed by atoms with Crippen LogP contribution in [0.1, 0.15) is 0 Å². The maximum Gasteiger partial charge on any atom is 0.157 e. The third-order valence-corrected chi connectivity index (χ3v) is 2.90. The number of hydrogen-bond donors (Lipinski definition) is 1. The van der Waals surface area contributed by atoms with E-state index in [9.17, 15) is 0 Å². The first kappa shape index (κ1) is 11.7. The molecule has 0 bridgehead atoms. The number of hydrogen-bond acceptors (Lipinski definition) is 4. The molecule has 19 heavy (non-hydrogen) atoms. The summed E-state index contributed by atoms with van der Waals surface area (Å²) in [6, 6.07) is 12.8. The topological polar surface area (TPSA) is 69.6 Å². The van der Waals surface area contributed by atoms with Crippen LogP contribution in [-0.2, 0) is 0 Å². The van der Waals surface area contributed by atoms with Crippen molar-refractivity contribution in [1.82, 2.24) is 20.0 Å². The van der Waals surface area contributed by atoms with Gasteiger partial charge in [-0.25, -0.2) is 0 Å². The van der Waals surface area contributed by atoms with E-state index in [4.69, 9.17) is 17.3 Å². The lowest BCUT2D eigenvalue weighted by Gasteiger charge is -2.03. The van der Waals surface area contributed by atoms with Gasteiger partial charge in [0.1, 0.15) is 0 Å². The van der Waals surface area contributed by atoms with Crippen molar-refractivity contribution in [3.8, 4) is 17.1 Å². The first-order valence-corrected chi connectivity index (χ1v) is 6.02. The number of aromatic nitrogens is 4. The summed E-state index contributed by atoms with van der Waals surface area (Å²) < 4.78 is 1.54. The van der Waals surface area contributed by atoms with Gasteiger partial charge in [-0.1, -0.05) is 28.9 Å². The van der Waals surface area contributed by atoms with E-state index in [0.717, 1.165) is 5.69 Å². The van der Waals surface area contributed by atoms with E-state index in [1.54, 1.807) is 18.3 Å². The third-order valence-electron chi connectivity index (χ3n) is 2.67. The number of benzene rings is 1. The van der Waals surface area contributed by atoms with Crippen molar-refractivity contribution in [3.63, 3.8) is 0 Å². The number of halogens is 1. The number of pyridine rings is 1. The summed E-state index contributed by atoms with van der Waals surface area (Å²) in [5.41, 5.74) is 8.08. The van der Waals surface area contributed by atoms with Crippen LogP contribution in [0.2, 0.25) is 5.02 Å². The molecule has 0 atom stereocenters. The molecular formula is C13H10ClN5. The Morgan fingerprint density at radius 1 is 1.11 bits per heavy atom. The zero-order valence-electron chi connectivity index (χ0n) is 9.86. The van der Waals surface area contributed by atoms with Crippen molar-refractivity contribution >= 4 is 17.4 Å². The number of anilines is 1. The molecule has 0 fully saturated rings. The predicted octanol–water partition coefficient (Wildman–Crippen LogP) is 2.56. The number of nitrogens with zero attached hydrogens (tertiary/aromatic N) is 4. The third kappa shape index (κ3) is 2.15. The van der Waals surface area contributed by atoms with Crippen LogP contribution in [0.4, 0.5) is 5.82 Å². The second kappa shape index (κ2) is 4.70. The van der Waals surface area contributed by atoms with E-state index in [-0.39, 0.29) is 0 Å². The molecule has 0 saturated heterocycles. The molecule has 0 aliphatic heterocycles. The van der Waals surface area contributed by atoms with E-state index >= 15 is 0 Å². The Morgan fingerprint density at radius 3 is 2.74 bits per heavy atom. The van der Waals surface area contributed by atoms with Crippen LogP contribution in [0.25, 0.3) is 17.1 Å². The summed E-state index contributed by atoms with van der Waals surface area (Å²) >= 11 is 5.96. The first-order chi connectivity index (χ1) is 9.25. The maximum atomic E-state index is 6.07. The van der Waals surface area contributed by atoms with E-state index in [1.807, 2.05) is 30.3 Å². The normalized spacial score (nSPS) is 10.6. The molecule has 94 valence electrons. The Bertz CT molecular complexity index is 708. The molecule has 0 radical (unpaired) electrons. The van der Waals surface area contributed by atoms with Gasteiger partial charge in [-0.05, 0) is 30.3 Å². The highest BCUT2D eigenvalue weighted by atomic mass is 35.5. The van der Waals surface area contributed by atoms with Gasteiger partial charge in [0, 0.05) is 11.2 Å². The average Bonchev–Trinajstić information content (AvgIpc) is 2.81. The predicted molar refractivity (Wildman–Crippen MR) is 74.0 cm³/mol. The second-order valence-electron chi connectivity index (χ2n) is 3.93. The van der Waals surface area contributed by atoms with Crippen LogP contribution in [-0.4, -0.2) is 20.0 Å². The molecule has 0 spiro atoms. The van der Waals surface area contributed by atoms with Gasteiger partial charge in [0.2, 0.25) is 0 Å². The Balaban J connectivity index is 2.09. The molecule has 0 amide bonds. The quantitative estimate of drug-likeness (QED) is 0.778. The van der Waals surface area contributed by atoms with Crippen LogP contribution in [0, 0.1) is 0 Å². The zero-order chi connectivity index (χ0) is 13.2. The highest BCUT2D eigenvalue weighted by Crippen LogP contribution is 2.24. The molecule has 3 aromatic rings. The molecule has 0 aliphatic carbocycles. The molecule has 2 aromatic heterocycles. The van der Waals surface area contributed by atoms with Crippen molar-refractivity contribution < 1.29 is 0 Å². The molecule has 3 rings (SSSR count). The fraction of sp³-hybridized carbons (Fsp3) is 0. The van der Waals surface area contributed by atoms with Crippen molar-refractivity contribution in [2.45, 2.75) is 0 Å². The highest BCUT2D eigenvalue weighted by molar-refractivity contribution is 6.30. The van der Waals surface area contributed by atoms with Gasteiger partial charge < -0.3 is 5.73 Å². The molecule has 2 N–H and O–H groups in total. The van der Waals surface area contributed by atoms with Crippen molar-refractivity contribution in [2.24, 2.45) is 0 Å². The minimum Gasteiger partial charge on any atom is -0.382 e. The van der Waals surface area contributed by atoms with Gasteiger partial charge >= 0.3 is 0 Å². The van der Waals surface area contributed by atoms with Gasteiger partial charge in [-0.15, -0.1) is 5.10 Å². The number of nitrogen functional groups attached to an aromatic ring is 1. The second-order valence-corrected chi connectivity index (χ2v) is 4.37. The molecule has 0 saturated carbocycles. The summed E-state index contributed by atoms with van der Waals surface area (Å²) in [5, 5.41) is 8.74. The summed E-state index contributed by atoms with van der Waals surface area (Å²) in [5.74, 6) is 0.431. The standard InChI is InChI=1S/C13H10ClN5/c14-9-4-3-5-10(8-9)19-13(15)12(17-18-19)11-6-1-2-7-16-11/h1-8H,15H2. The van der Waals surface area contributed by atoms with Gasteiger partial charge in [-0.3, -0.25) is 4.98 Å². The lowest BCUT2D eigenvalue weighted by molar-refractivity contribution is 0.810. The fourth-order valence-corrected chi connectivity index (χ4v) is 1.96. The molecule has 0 aliphatic rings. The minimum absolute atomic E-state index is 0.431. The zero-order valence-corrected chi connectivity index (χ0v) is 10.6. The van der Waals surface area contributed by atoms with E-state index in [0.29, 0.717) is 22.2 Å². The summed E-state index contributed by atoms with van der Waals surface area (Å²) in [6.07, 6.45) is 1.69. The molecule has 6 heteroatoms. The smallest absolute Gasteiger partial charge is 0.157 e.